The molecule has 0 heterocycles. The van der Waals surface area contributed by atoms with Crippen molar-refractivity contribution in [2.24, 2.45) is 0 Å². The summed E-state index contributed by atoms with van der Waals surface area (Å²) in [6, 6.07) is 10.5. The van der Waals surface area contributed by atoms with Crippen molar-refractivity contribution in [2.75, 3.05) is 17.7 Å². The zero-order valence-electron chi connectivity index (χ0n) is 11.9. The standard InChI is InChI=1S/C16H17ClN2O2/c1-10-7-14(18)15(8-11(10)2)19-16(20)9-21-13-5-3-12(17)4-6-13/h3-8H,9,18H2,1-2H3,(H,19,20). The topological polar surface area (TPSA) is 64.3 Å². The Morgan fingerprint density at radius 3 is 2.48 bits per heavy atom. The quantitative estimate of drug-likeness (QED) is 0.849. The van der Waals surface area contributed by atoms with E-state index in [9.17, 15) is 4.79 Å². The van der Waals surface area contributed by atoms with Crippen LogP contribution < -0.4 is 15.8 Å². The molecular formula is C16H17ClN2O2. The number of hydrogen-bond acceptors (Lipinski definition) is 3. The third-order valence-electron chi connectivity index (χ3n) is 3.12. The van der Waals surface area contributed by atoms with E-state index in [4.69, 9.17) is 22.1 Å². The molecule has 0 fully saturated rings. The highest BCUT2D eigenvalue weighted by molar-refractivity contribution is 6.30. The van der Waals surface area contributed by atoms with E-state index < -0.39 is 0 Å². The first-order chi connectivity index (χ1) is 9.95. The first-order valence-corrected chi connectivity index (χ1v) is 6.88. The molecule has 1 amide bonds. The summed E-state index contributed by atoms with van der Waals surface area (Å²) >= 11 is 5.78. The van der Waals surface area contributed by atoms with Gasteiger partial charge in [-0.25, -0.2) is 0 Å². The first-order valence-electron chi connectivity index (χ1n) is 6.50. The van der Waals surface area contributed by atoms with Gasteiger partial charge in [0.1, 0.15) is 5.75 Å². The molecule has 0 bridgehead atoms. The van der Waals surface area contributed by atoms with Crippen LogP contribution in [0.15, 0.2) is 36.4 Å². The minimum absolute atomic E-state index is 0.0893. The molecule has 0 spiro atoms. The number of nitrogen functional groups attached to an aromatic ring is 1. The molecule has 0 aliphatic rings. The number of amides is 1. The van der Waals surface area contributed by atoms with E-state index in [0.29, 0.717) is 22.1 Å². The zero-order chi connectivity index (χ0) is 15.4. The fourth-order valence-electron chi connectivity index (χ4n) is 1.81. The Hall–Kier alpha value is -2.20. The van der Waals surface area contributed by atoms with Crippen LogP contribution in [-0.2, 0) is 4.79 Å². The number of anilines is 2. The van der Waals surface area contributed by atoms with Crippen LogP contribution in [0.25, 0.3) is 0 Å². The van der Waals surface area contributed by atoms with E-state index in [2.05, 4.69) is 5.32 Å². The molecule has 0 unspecified atom stereocenters. The maximum atomic E-state index is 11.9. The average molecular weight is 305 g/mol. The highest BCUT2D eigenvalue weighted by Crippen LogP contribution is 2.23. The van der Waals surface area contributed by atoms with Crippen molar-refractivity contribution < 1.29 is 9.53 Å². The van der Waals surface area contributed by atoms with Gasteiger partial charge in [0, 0.05) is 5.02 Å². The number of nitrogens with two attached hydrogens (primary N) is 1. The molecule has 0 radical (unpaired) electrons. The van der Waals surface area contributed by atoms with E-state index >= 15 is 0 Å². The summed E-state index contributed by atoms with van der Waals surface area (Å²) < 4.78 is 5.38. The second-order valence-corrected chi connectivity index (χ2v) is 5.25. The third kappa shape index (κ3) is 4.13. The maximum absolute atomic E-state index is 11.9. The van der Waals surface area contributed by atoms with Gasteiger partial charge in [-0.05, 0) is 61.4 Å². The molecule has 5 heteroatoms. The number of ether oxygens (including phenoxy) is 1. The molecule has 21 heavy (non-hydrogen) atoms. The van der Waals surface area contributed by atoms with Crippen LogP contribution in [0.4, 0.5) is 11.4 Å². The number of hydrogen-bond donors (Lipinski definition) is 2. The fourth-order valence-corrected chi connectivity index (χ4v) is 1.94. The summed E-state index contributed by atoms with van der Waals surface area (Å²) in [6.07, 6.45) is 0. The Labute approximate surface area is 128 Å². The molecule has 0 saturated heterocycles. The van der Waals surface area contributed by atoms with Gasteiger partial charge in [-0.1, -0.05) is 11.6 Å². The summed E-state index contributed by atoms with van der Waals surface area (Å²) in [5, 5.41) is 3.36. The number of benzene rings is 2. The van der Waals surface area contributed by atoms with Gasteiger partial charge in [-0.2, -0.15) is 0 Å². The number of halogens is 1. The maximum Gasteiger partial charge on any atom is 0.262 e. The molecule has 2 aromatic carbocycles. The van der Waals surface area contributed by atoms with E-state index in [1.807, 2.05) is 26.0 Å². The molecular weight excluding hydrogens is 288 g/mol. The second-order valence-electron chi connectivity index (χ2n) is 4.81. The molecule has 0 aliphatic carbocycles. The molecule has 0 atom stereocenters. The molecule has 0 aliphatic heterocycles. The van der Waals surface area contributed by atoms with Crippen LogP contribution in [0, 0.1) is 13.8 Å². The Kier molecular flexibility index (Phi) is 4.70. The first kappa shape index (κ1) is 15.2. The van der Waals surface area contributed by atoms with Gasteiger partial charge in [0.15, 0.2) is 6.61 Å². The Morgan fingerprint density at radius 2 is 1.81 bits per heavy atom. The van der Waals surface area contributed by atoms with E-state index in [0.717, 1.165) is 11.1 Å². The molecule has 4 nitrogen and oxygen atoms in total. The fraction of sp³-hybridized carbons (Fsp3) is 0.188. The van der Waals surface area contributed by atoms with Crippen molar-refractivity contribution in [3.63, 3.8) is 0 Å². The van der Waals surface area contributed by atoms with Crippen LogP contribution in [0.5, 0.6) is 5.75 Å². The minimum atomic E-state index is -0.264. The highest BCUT2D eigenvalue weighted by atomic mass is 35.5. The number of carbonyl (C=O) groups is 1. The molecule has 2 rings (SSSR count). The summed E-state index contributed by atoms with van der Waals surface area (Å²) in [5.74, 6) is 0.322. The lowest BCUT2D eigenvalue weighted by Gasteiger charge is -2.11. The number of carbonyl (C=O) groups excluding carboxylic acids is 1. The van der Waals surface area contributed by atoms with E-state index in [1.165, 1.54) is 0 Å². The van der Waals surface area contributed by atoms with E-state index in [-0.39, 0.29) is 12.5 Å². The smallest absolute Gasteiger partial charge is 0.262 e. The molecule has 2 aromatic rings. The minimum Gasteiger partial charge on any atom is -0.484 e. The summed E-state index contributed by atoms with van der Waals surface area (Å²) in [5.41, 5.74) is 9.19. The van der Waals surface area contributed by atoms with Crippen LogP contribution in [-0.4, -0.2) is 12.5 Å². The summed E-state index contributed by atoms with van der Waals surface area (Å²) in [4.78, 5) is 11.9. The van der Waals surface area contributed by atoms with Crippen LogP contribution >= 0.6 is 11.6 Å². The molecule has 0 saturated carbocycles. The predicted molar refractivity (Wildman–Crippen MR) is 85.9 cm³/mol. The monoisotopic (exact) mass is 304 g/mol. The van der Waals surface area contributed by atoms with Gasteiger partial charge in [-0.15, -0.1) is 0 Å². The van der Waals surface area contributed by atoms with Gasteiger partial charge in [0.25, 0.3) is 5.91 Å². The van der Waals surface area contributed by atoms with Crippen LogP contribution in [0.3, 0.4) is 0 Å². The van der Waals surface area contributed by atoms with Crippen molar-refractivity contribution in [2.45, 2.75) is 13.8 Å². The normalized spacial score (nSPS) is 10.2. The van der Waals surface area contributed by atoms with E-state index in [1.54, 1.807) is 24.3 Å². The summed E-state index contributed by atoms with van der Waals surface area (Å²) in [6.45, 7) is 3.85. The molecule has 3 N–H and O–H groups in total. The molecule has 110 valence electrons. The van der Waals surface area contributed by atoms with Crippen molar-refractivity contribution >= 4 is 28.9 Å². The Balaban J connectivity index is 1.96. The number of aryl methyl sites for hydroxylation is 2. The number of nitrogens with one attached hydrogen (secondary N) is 1. The van der Waals surface area contributed by atoms with Crippen molar-refractivity contribution in [1.82, 2.24) is 0 Å². The summed E-state index contributed by atoms with van der Waals surface area (Å²) in [7, 11) is 0. The lowest BCUT2D eigenvalue weighted by atomic mass is 10.1. The van der Waals surface area contributed by atoms with Gasteiger partial charge in [-0.3, -0.25) is 4.79 Å². The Morgan fingerprint density at radius 1 is 1.19 bits per heavy atom. The SMILES string of the molecule is Cc1cc(N)c(NC(=O)COc2ccc(Cl)cc2)cc1C. The van der Waals surface area contributed by atoms with Gasteiger partial charge >= 0.3 is 0 Å². The van der Waals surface area contributed by atoms with Crippen LogP contribution in [0.2, 0.25) is 5.02 Å². The largest absolute Gasteiger partial charge is 0.484 e. The van der Waals surface area contributed by atoms with Crippen molar-refractivity contribution in [1.29, 1.82) is 0 Å². The van der Waals surface area contributed by atoms with Crippen molar-refractivity contribution in [3.8, 4) is 5.75 Å². The lowest BCUT2D eigenvalue weighted by molar-refractivity contribution is -0.118. The van der Waals surface area contributed by atoms with Gasteiger partial charge < -0.3 is 15.8 Å². The average Bonchev–Trinajstić information content (AvgIpc) is 2.44. The lowest BCUT2D eigenvalue weighted by Crippen LogP contribution is -2.21. The van der Waals surface area contributed by atoms with Gasteiger partial charge in [0.05, 0.1) is 11.4 Å². The van der Waals surface area contributed by atoms with Gasteiger partial charge in [0.2, 0.25) is 0 Å². The highest BCUT2D eigenvalue weighted by Gasteiger charge is 2.08. The third-order valence-corrected chi connectivity index (χ3v) is 3.38. The second kappa shape index (κ2) is 6.50. The zero-order valence-corrected chi connectivity index (χ0v) is 12.7. The van der Waals surface area contributed by atoms with Crippen molar-refractivity contribution in [3.05, 3.63) is 52.5 Å². The predicted octanol–water partition coefficient (Wildman–Crippen LogP) is 3.56. The van der Waals surface area contributed by atoms with Crippen LogP contribution in [0.1, 0.15) is 11.1 Å². The molecule has 0 aromatic heterocycles. The number of rotatable bonds is 4. The Bertz CT molecular complexity index is 654.